The van der Waals surface area contributed by atoms with Gasteiger partial charge in [-0.3, -0.25) is 10.00 Å². The molecule has 1 rings (SSSR count). The molecule has 0 aliphatic carbocycles. The van der Waals surface area contributed by atoms with Gasteiger partial charge in [-0.05, 0) is 27.7 Å². The number of aromatic nitrogens is 2. The lowest BCUT2D eigenvalue weighted by Crippen LogP contribution is -2.18. The van der Waals surface area contributed by atoms with Crippen molar-refractivity contribution in [3.8, 4) is 11.8 Å². The Morgan fingerprint density at radius 2 is 2.20 bits per heavy atom. The van der Waals surface area contributed by atoms with Gasteiger partial charge in [0.05, 0.1) is 12.7 Å². The third-order valence-electron chi connectivity index (χ3n) is 2.32. The number of nitrogens with zero attached hydrogens (tertiary/aromatic N) is 2. The van der Waals surface area contributed by atoms with Crippen molar-refractivity contribution in [2.45, 2.75) is 39.8 Å². The Labute approximate surface area is 91.9 Å². The van der Waals surface area contributed by atoms with Gasteiger partial charge in [-0.15, -0.1) is 5.92 Å². The molecule has 0 radical (unpaired) electrons. The zero-order valence-electron chi connectivity index (χ0n) is 9.91. The third-order valence-corrected chi connectivity index (χ3v) is 2.32. The molecule has 1 unspecified atom stereocenters. The van der Waals surface area contributed by atoms with Gasteiger partial charge in [0.2, 0.25) is 0 Å². The van der Waals surface area contributed by atoms with Gasteiger partial charge in [-0.1, -0.05) is 5.92 Å². The molecule has 0 fully saturated rings. The average molecular weight is 205 g/mol. The first-order chi connectivity index (χ1) is 7.15. The highest BCUT2D eigenvalue weighted by molar-refractivity contribution is 5.10. The zero-order chi connectivity index (χ0) is 11.3. The fourth-order valence-corrected chi connectivity index (χ4v) is 1.27. The largest absolute Gasteiger partial charge is 0.299 e. The number of nitrogens with one attached hydrogen (secondary N) is 1. The molecule has 0 aliphatic rings. The Morgan fingerprint density at radius 1 is 1.47 bits per heavy atom. The van der Waals surface area contributed by atoms with Crippen LogP contribution in [0.25, 0.3) is 0 Å². The van der Waals surface area contributed by atoms with Crippen LogP contribution in [0.1, 0.15) is 45.3 Å². The number of rotatable bonds is 4. The standard InChI is InChI=1S/C12H19N3/c1-5-6-7-13-11(4)12-8-14-15(9-12)10(2)3/h8-11,13H,7H2,1-4H3. The van der Waals surface area contributed by atoms with Crippen molar-refractivity contribution in [3.63, 3.8) is 0 Å². The summed E-state index contributed by atoms with van der Waals surface area (Å²) in [4.78, 5) is 0. The lowest BCUT2D eigenvalue weighted by molar-refractivity contribution is 0.530. The van der Waals surface area contributed by atoms with E-state index in [9.17, 15) is 0 Å². The Bertz CT molecular complexity index is 354. The highest BCUT2D eigenvalue weighted by Gasteiger charge is 2.07. The Hall–Kier alpha value is -1.27. The molecule has 1 heterocycles. The van der Waals surface area contributed by atoms with Crippen LogP contribution in [0.3, 0.4) is 0 Å². The maximum Gasteiger partial charge on any atom is 0.0581 e. The van der Waals surface area contributed by atoms with Crippen molar-refractivity contribution in [3.05, 3.63) is 18.0 Å². The minimum atomic E-state index is 0.304. The van der Waals surface area contributed by atoms with Gasteiger partial charge in [0.25, 0.3) is 0 Å². The minimum absolute atomic E-state index is 0.304. The van der Waals surface area contributed by atoms with E-state index in [4.69, 9.17) is 0 Å². The second-order valence-corrected chi connectivity index (χ2v) is 3.88. The first-order valence-electron chi connectivity index (χ1n) is 5.32. The molecule has 0 saturated carbocycles. The molecule has 0 aliphatic heterocycles. The molecule has 15 heavy (non-hydrogen) atoms. The van der Waals surface area contributed by atoms with Crippen LogP contribution in [0.15, 0.2) is 12.4 Å². The maximum absolute atomic E-state index is 4.31. The summed E-state index contributed by atoms with van der Waals surface area (Å²) in [5, 5.41) is 7.63. The molecule has 0 aromatic carbocycles. The quantitative estimate of drug-likeness (QED) is 0.763. The highest BCUT2D eigenvalue weighted by atomic mass is 15.3. The summed E-state index contributed by atoms with van der Waals surface area (Å²) in [5.41, 5.74) is 1.21. The topological polar surface area (TPSA) is 29.9 Å². The van der Waals surface area contributed by atoms with Gasteiger partial charge < -0.3 is 0 Å². The summed E-state index contributed by atoms with van der Waals surface area (Å²) in [5.74, 6) is 5.85. The van der Waals surface area contributed by atoms with Gasteiger partial charge in [-0.25, -0.2) is 0 Å². The summed E-state index contributed by atoms with van der Waals surface area (Å²) in [7, 11) is 0. The lowest BCUT2D eigenvalue weighted by Gasteiger charge is -2.09. The lowest BCUT2D eigenvalue weighted by atomic mass is 10.2. The van der Waals surface area contributed by atoms with Gasteiger partial charge >= 0.3 is 0 Å². The van der Waals surface area contributed by atoms with E-state index in [1.54, 1.807) is 0 Å². The van der Waals surface area contributed by atoms with Crippen LogP contribution in [0.2, 0.25) is 0 Å². The normalized spacial score (nSPS) is 12.3. The predicted octanol–water partition coefficient (Wildman–Crippen LogP) is 2.14. The SMILES string of the molecule is CC#CCNC(C)c1cnn(C(C)C)c1. The first kappa shape index (κ1) is 11.8. The van der Waals surface area contributed by atoms with E-state index in [0.29, 0.717) is 12.1 Å². The summed E-state index contributed by atoms with van der Waals surface area (Å²) in [6.07, 6.45) is 4.00. The molecule has 0 saturated heterocycles. The fraction of sp³-hybridized carbons (Fsp3) is 0.583. The highest BCUT2D eigenvalue weighted by Crippen LogP contribution is 2.12. The van der Waals surface area contributed by atoms with E-state index in [0.717, 1.165) is 6.54 Å². The molecule has 0 bridgehead atoms. The van der Waals surface area contributed by atoms with E-state index >= 15 is 0 Å². The third kappa shape index (κ3) is 3.41. The van der Waals surface area contributed by atoms with Crippen LogP contribution in [-0.4, -0.2) is 16.3 Å². The Balaban J connectivity index is 2.56. The van der Waals surface area contributed by atoms with Gasteiger partial charge in [-0.2, -0.15) is 5.10 Å². The molecular weight excluding hydrogens is 186 g/mol. The van der Waals surface area contributed by atoms with Crippen LogP contribution < -0.4 is 5.32 Å². The van der Waals surface area contributed by atoms with Crippen molar-refractivity contribution in [1.82, 2.24) is 15.1 Å². The molecule has 3 nitrogen and oxygen atoms in total. The predicted molar refractivity (Wildman–Crippen MR) is 62.5 cm³/mol. The minimum Gasteiger partial charge on any atom is -0.299 e. The molecule has 82 valence electrons. The van der Waals surface area contributed by atoms with Crippen LogP contribution in [-0.2, 0) is 0 Å². The molecule has 1 N–H and O–H groups in total. The number of hydrogen-bond donors (Lipinski definition) is 1. The smallest absolute Gasteiger partial charge is 0.0581 e. The molecule has 3 heteroatoms. The molecule has 0 amide bonds. The second kappa shape index (κ2) is 5.57. The molecule has 1 aromatic heterocycles. The summed E-state index contributed by atoms with van der Waals surface area (Å²) in [6.45, 7) is 8.95. The molecular formula is C12H19N3. The zero-order valence-corrected chi connectivity index (χ0v) is 9.91. The maximum atomic E-state index is 4.31. The summed E-state index contributed by atoms with van der Waals surface area (Å²) < 4.78 is 1.97. The summed E-state index contributed by atoms with van der Waals surface area (Å²) >= 11 is 0. The van der Waals surface area contributed by atoms with Gasteiger partial charge in [0, 0.05) is 23.8 Å². The van der Waals surface area contributed by atoms with Crippen molar-refractivity contribution in [2.75, 3.05) is 6.54 Å². The van der Waals surface area contributed by atoms with Gasteiger partial charge in [0.15, 0.2) is 0 Å². The van der Waals surface area contributed by atoms with Crippen molar-refractivity contribution >= 4 is 0 Å². The van der Waals surface area contributed by atoms with Crippen LogP contribution in [0.4, 0.5) is 0 Å². The van der Waals surface area contributed by atoms with Gasteiger partial charge in [0.1, 0.15) is 0 Å². The molecule has 1 aromatic rings. The Morgan fingerprint density at radius 3 is 2.73 bits per heavy atom. The monoisotopic (exact) mass is 205 g/mol. The van der Waals surface area contributed by atoms with E-state index < -0.39 is 0 Å². The average Bonchev–Trinajstić information content (AvgIpc) is 2.66. The van der Waals surface area contributed by atoms with E-state index in [1.807, 2.05) is 17.8 Å². The second-order valence-electron chi connectivity index (χ2n) is 3.88. The van der Waals surface area contributed by atoms with Crippen LogP contribution in [0, 0.1) is 11.8 Å². The Kier molecular flexibility index (Phi) is 4.38. The fourth-order valence-electron chi connectivity index (χ4n) is 1.27. The molecule has 0 spiro atoms. The first-order valence-corrected chi connectivity index (χ1v) is 5.32. The number of hydrogen-bond acceptors (Lipinski definition) is 2. The van der Waals surface area contributed by atoms with Crippen molar-refractivity contribution < 1.29 is 0 Å². The van der Waals surface area contributed by atoms with Crippen molar-refractivity contribution in [1.29, 1.82) is 0 Å². The van der Waals surface area contributed by atoms with E-state index in [-0.39, 0.29) is 0 Å². The molecule has 1 atom stereocenters. The van der Waals surface area contributed by atoms with Crippen LogP contribution >= 0.6 is 0 Å². The van der Waals surface area contributed by atoms with Crippen molar-refractivity contribution in [2.24, 2.45) is 0 Å². The van der Waals surface area contributed by atoms with E-state index in [2.05, 4.69) is 49.2 Å². The summed E-state index contributed by atoms with van der Waals surface area (Å²) in [6, 6.07) is 0.722. The van der Waals surface area contributed by atoms with Crippen LogP contribution in [0.5, 0.6) is 0 Å². The van der Waals surface area contributed by atoms with E-state index in [1.165, 1.54) is 5.56 Å².